The first-order valence-electron chi connectivity index (χ1n) is 7.74. The molecule has 3 aromatic rings. The van der Waals surface area contributed by atoms with Crippen molar-refractivity contribution in [1.29, 1.82) is 0 Å². The Morgan fingerprint density at radius 2 is 1.88 bits per heavy atom. The summed E-state index contributed by atoms with van der Waals surface area (Å²) < 4.78 is 16.6. The van der Waals surface area contributed by atoms with Crippen LogP contribution in [0.5, 0.6) is 0 Å². The first-order chi connectivity index (χ1) is 11.6. The summed E-state index contributed by atoms with van der Waals surface area (Å²) in [5.74, 6) is 1.13. The topological polar surface area (TPSA) is 49.6 Å². The number of aryl methyl sites for hydroxylation is 1. The SMILES string of the molecule is Cc1cc(N2CCN(c3ncc(Br)cc3F)CC2)n2nccc2n1. The first kappa shape index (κ1) is 15.3. The lowest BCUT2D eigenvalue weighted by atomic mass is 10.3. The largest absolute Gasteiger partial charge is 0.353 e. The van der Waals surface area contributed by atoms with Crippen molar-refractivity contribution >= 4 is 33.2 Å². The highest BCUT2D eigenvalue weighted by molar-refractivity contribution is 9.10. The maximum Gasteiger partial charge on any atom is 0.166 e. The predicted octanol–water partition coefficient (Wildman–Crippen LogP) is 2.66. The lowest BCUT2D eigenvalue weighted by Crippen LogP contribution is -2.47. The predicted molar refractivity (Wildman–Crippen MR) is 94.0 cm³/mol. The standard InChI is InChI=1S/C16H16BrFN6/c1-11-8-15(24-14(21-11)2-3-20-24)22-4-6-23(7-5-22)16-13(18)9-12(17)10-19-16/h2-3,8-10H,4-7H2,1H3. The molecule has 0 aliphatic carbocycles. The van der Waals surface area contributed by atoms with Crippen molar-refractivity contribution in [3.05, 3.63) is 46.6 Å². The number of pyridine rings is 1. The molecule has 6 nitrogen and oxygen atoms in total. The molecule has 0 spiro atoms. The number of halogens is 2. The highest BCUT2D eigenvalue weighted by atomic mass is 79.9. The van der Waals surface area contributed by atoms with Crippen molar-refractivity contribution in [2.24, 2.45) is 0 Å². The molecule has 0 N–H and O–H groups in total. The van der Waals surface area contributed by atoms with Gasteiger partial charge < -0.3 is 9.80 Å². The number of rotatable bonds is 2. The molecule has 0 unspecified atom stereocenters. The van der Waals surface area contributed by atoms with Crippen LogP contribution < -0.4 is 9.80 Å². The monoisotopic (exact) mass is 390 g/mol. The third kappa shape index (κ3) is 2.71. The van der Waals surface area contributed by atoms with Crippen molar-refractivity contribution in [3.8, 4) is 0 Å². The maximum atomic E-state index is 14.1. The molecule has 4 heterocycles. The molecule has 0 amide bonds. The Bertz CT molecular complexity index is 887. The summed E-state index contributed by atoms with van der Waals surface area (Å²) in [6, 6.07) is 5.39. The minimum Gasteiger partial charge on any atom is -0.353 e. The minimum absolute atomic E-state index is 0.299. The fourth-order valence-corrected chi connectivity index (χ4v) is 3.33. The molecule has 0 aromatic carbocycles. The van der Waals surface area contributed by atoms with Gasteiger partial charge in [-0.25, -0.2) is 14.4 Å². The zero-order chi connectivity index (χ0) is 16.7. The zero-order valence-corrected chi connectivity index (χ0v) is 14.7. The van der Waals surface area contributed by atoms with Crippen LogP contribution in [0, 0.1) is 12.7 Å². The molecule has 1 aliphatic heterocycles. The zero-order valence-electron chi connectivity index (χ0n) is 13.2. The van der Waals surface area contributed by atoms with Gasteiger partial charge in [0.15, 0.2) is 17.3 Å². The van der Waals surface area contributed by atoms with Crippen LogP contribution in [0.3, 0.4) is 0 Å². The number of aromatic nitrogens is 4. The average Bonchev–Trinajstić information content (AvgIpc) is 3.02. The van der Waals surface area contributed by atoms with Gasteiger partial charge in [-0.1, -0.05) is 0 Å². The van der Waals surface area contributed by atoms with E-state index in [4.69, 9.17) is 0 Å². The summed E-state index contributed by atoms with van der Waals surface area (Å²) in [4.78, 5) is 12.9. The van der Waals surface area contributed by atoms with Crippen LogP contribution in [0.25, 0.3) is 5.65 Å². The molecular formula is C16H16BrFN6. The molecule has 1 fully saturated rings. The fraction of sp³-hybridized carbons (Fsp3) is 0.312. The van der Waals surface area contributed by atoms with E-state index in [1.54, 1.807) is 12.4 Å². The van der Waals surface area contributed by atoms with Crippen molar-refractivity contribution < 1.29 is 4.39 Å². The van der Waals surface area contributed by atoms with Crippen molar-refractivity contribution in [3.63, 3.8) is 0 Å². The second-order valence-electron chi connectivity index (χ2n) is 5.79. The van der Waals surface area contributed by atoms with Gasteiger partial charge in [0.25, 0.3) is 0 Å². The number of fused-ring (bicyclic) bond motifs is 1. The molecule has 0 bridgehead atoms. The van der Waals surface area contributed by atoms with E-state index in [1.807, 2.05) is 28.5 Å². The van der Waals surface area contributed by atoms with E-state index in [9.17, 15) is 4.39 Å². The van der Waals surface area contributed by atoms with Crippen molar-refractivity contribution in [1.82, 2.24) is 19.6 Å². The summed E-state index contributed by atoms with van der Waals surface area (Å²) in [5, 5.41) is 4.36. The molecule has 0 radical (unpaired) electrons. The van der Waals surface area contributed by atoms with E-state index in [-0.39, 0.29) is 5.82 Å². The summed E-state index contributed by atoms with van der Waals surface area (Å²) in [5.41, 5.74) is 1.80. The number of hydrogen-bond acceptors (Lipinski definition) is 5. The van der Waals surface area contributed by atoms with E-state index in [0.29, 0.717) is 23.4 Å². The summed E-state index contributed by atoms with van der Waals surface area (Å²) in [6.07, 6.45) is 3.38. The van der Waals surface area contributed by atoms with Gasteiger partial charge in [-0.3, -0.25) is 0 Å². The molecule has 24 heavy (non-hydrogen) atoms. The van der Waals surface area contributed by atoms with Gasteiger partial charge >= 0.3 is 0 Å². The van der Waals surface area contributed by atoms with E-state index in [0.717, 1.165) is 30.2 Å². The van der Waals surface area contributed by atoms with Crippen LogP contribution in [0.15, 0.2) is 35.1 Å². The van der Waals surface area contributed by atoms with Crippen LogP contribution in [0.4, 0.5) is 16.0 Å². The summed E-state index contributed by atoms with van der Waals surface area (Å²) >= 11 is 3.24. The first-order valence-corrected chi connectivity index (χ1v) is 8.53. The number of nitrogens with zero attached hydrogens (tertiary/aromatic N) is 6. The highest BCUT2D eigenvalue weighted by Gasteiger charge is 2.22. The fourth-order valence-electron chi connectivity index (χ4n) is 3.03. The Morgan fingerprint density at radius 3 is 2.62 bits per heavy atom. The number of hydrogen-bond donors (Lipinski definition) is 0. The smallest absolute Gasteiger partial charge is 0.166 e. The number of piperazine rings is 1. The van der Waals surface area contributed by atoms with E-state index < -0.39 is 0 Å². The normalized spacial score (nSPS) is 15.3. The van der Waals surface area contributed by atoms with Gasteiger partial charge in [0.2, 0.25) is 0 Å². The van der Waals surface area contributed by atoms with E-state index in [2.05, 4.69) is 35.9 Å². The molecule has 1 aliphatic rings. The molecule has 0 saturated carbocycles. The van der Waals surface area contributed by atoms with Gasteiger partial charge in [0, 0.05) is 54.7 Å². The highest BCUT2D eigenvalue weighted by Crippen LogP contribution is 2.23. The van der Waals surface area contributed by atoms with Gasteiger partial charge in [-0.05, 0) is 28.9 Å². The van der Waals surface area contributed by atoms with E-state index >= 15 is 0 Å². The third-order valence-corrected chi connectivity index (χ3v) is 4.59. The van der Waals surface area contributed by atoms with Crippen LogP contribution >= 0.6 is 15.9 Å². The Morgan fingerprint density at radius 1 is 1.12 bits per heavy atom. The molecule has 1 saturated heterocycles. The van der Waals surface area contributed by atoms with Crippen LogP contribution in [-0.2, 0) is 0 Å². The quantitative estimate of drug-likeness (QED) is 0.673. The minimum atomic E-state index is -0.299. The Labute approximate surface area is 147 Å². The van der Waals surface area contributed by atoms with E-state index in [1.165, 1.54) is 6.07 Å². The number of anilines is 2. The van der Waals surface area contributed by atoms with Gasteiger partial charge in [-0.15, -0.1) is 0 Å². The molecule has 124 valence electrons. The molecule has 0 atom stereocenters. The molecule has 3 aromatic heterocycles. The second-order valence-corrected chi connectivity index (χ2v) is 6.71. The Kier molecular flexibility index (Phi) is 3.84. The van der Waals surface area contributed by atoms with Gasteiger partial charge in [0.1, 0.15) is 5.82 Å². The Balaban J connectivity index is 1.56. The second kappa shape index (κ2) is 6.01. The molecule has 8 heteroatoms. The van der Waals surface area contributed by atoms with Crippen molar-refractivity contribution in [2.45, 2.75) is 6.92 Å². The van der Waals surface area contributed by atoms with Crippen LogP contribution in [0.1, 0.15) is 5.69 Å². The van der Waals surface area contributed by atoms with Gasteiger partial charge in [0.05, 0.1) is 6.20 Å². The summed E-state index contributed by atoms with van der Waals surface area (Å²) in [7, 11) is 0. The third-order valence-electron chi connectivity index (χ3n) is 4.16. The van der Waals surface area contributed by atoms with Crippen LogP contribution in [0.2, 0.25) is 0 Å². The van der Waals surface area contributed by atoms with Gasteiger partial charge in [-0.2, -0.15) is 9.61 Å². The van der Waals surface area contributed by atoms with Crippen LogP contribution in [-0.4, -0.2) is 45.8 Å². The lowest BCUT2D eigenvalue weighted by molar-refractivity contribution is 0.584. The Hall–Kier alpha value is -2.22. The maximum absolute atomic E-state index is 14.1. The molecular weight excluding hydrogens is 375 g/mol. The summed E-state index contributed by atoms with van der Waals surface area (Å²) in [6.45, 7) is 4.93. The average molecular weight is 391 g/mol. The molecule has 4 rings (SSSR count). The lowest BCUT2D eigenvalue weighted by Gasteiger charge is -2.36. The van der Waals surface area contributed by atoms with Crippen molar-refractivity contribution in [2.75, 3.05) is 36.0 Å².